The maximum atomic E-state index is 12.4. The van der Waals surface area contributed by atoms with Crippen LogP contribution in [-0.2, 0) is 16.6 Å². The predicted molar refractivity (Wildman–Crippen MR) is 89.0 cm³/mol. The third kappa shape index (κ3) is 3.23. The Hall–Kier alpha value is -2.42. The Morgan fingerprint density at radius 3 is 2.84 bits per heavy atom. The van der Waals surface area contributed by atoms with E-state index in [4.69, 9.17) is 0 Å². The van der Waals surface area contributed by atoms with Crippen molar-refractivity contribution in [2.75, 3.05) is 13.1 Å². The second-order valence-electron chi connectivity index (χ2n) is 6.87. The Morgan fingerprint density at radius 2 is 2.24 bits per heavy atom. The molecule has 0 bridgehead atoms. The molecule has 9 nitrogen and oxygen atoms in total. The van der Waals surface area contributed by atoms with Gasteiger partial charge in [0.2, 0.25) is 0 Å². The zero-order chi connectivity index (χ0) is 18.2. The van der Waals surface area contributed by atoms with Crippen molar-refractivity contribution in [2.24, 2.45) is 7.05 Å². The van der Waals surface area contributed by atoms with Gasteiger partial charge in [0.05, 0.1) is 12.7 Å². The lowest BCUT2D eigenvalue weighted by molar-refractivity contribution is -0.139. The van der Waals surface area contributed by atoms with Gasteiger partial charge in [-0.1, -0.05) is 6.92 Å². The largest absolute Gasteiger partial charge is 0.344 e. The molecule has 3 heterocycles. The van der Waals surface area contributed by atoms with Gasteiger partial charge in [0, 0.05) is 24.8 Å². The molecular weight excluding hydrogens is 324 g/mol. The van der Waals surface area contributed by atoms with Gasteiger partial charge in [-0.3, -0.25) is 24.6 Å². The second-order valence-corrected chi connectivity index (χ2v) is 6.87. The van der Waals surface area contributed by atoms with E-state index in [0.717, 1.165) is 30.0 Å². The van der Waals surface area contributed by atoms with E-state index in [0.29, 0.717) is 6.42 Å². The van der Waals surface area contributed by atoms with Crippen LogP contribution >= 0.6 is 0 Å². The molecule has 4 amide bonds. The molecule has 1 aromatic heterocycles. The van der Waals surface area contributed by atoms with Crippen LogP contribution in [0.3, 0.4) is 0 Å². The first-order valence-electron chi connectivity index (χ1n) is 8.53. The van der Waals surface area contributed by atoms with Crippen LogP contribution in [0.4, 0.5) is 4.79 Å². The van der Waals surface area contributed by atoms with Gasteiger partial charge in [-0.05, 0) is 32.7 Å². The van der Waals surface area contributed by atoms with Gasteiger partial charge in [-0.2, -0.15) is 10.1 Å². The number of urea groups is 1. The number of aryl methyl sites for hydroxylation is 1. The maximum Gasteiger partial charge on any atom is 0.344 e. The highest BCUT2D eigenvalue weighted by Crippen LogP contribution is 2.31. The standard InChI is InChI=1S/C16H24N6O3/c1-4-16(2)14(24)22(15(25)18-16)19-13(23)10-21-7-5-6-12(21)11-8-17-20(3)9-11/h8-9,12H,4-7,10H2,1-3H3,(H,18,25)(H,19,23)/t12-,16+/m1/s1. The van der Waals surface area contributed by atoms with E-state index in [-0.39, 0.29) is 18.5 Å². The van der Waals surface area contributed by atoms with Gasteiger partial charge in [-0.25, -0.2) is 4.79 Å². The summed E-state index contributed by atoms with van der Waals surface area (Å²) in [5, 5.41) is 7.59. The van der Waals surface area contributed by atoms with Crippen LogP contribution in [0.15, 0.2) is 12.4 Å². The van der Waals surface area contributed by atoms with Crippen molar-refractivity contribution >= 4 is 17.8 Å². The minimum absolute atomic E-state index is 0.124. The molecule has 0 spiro atoms. The molecule has 3 rings (SSSR count). The lowest BCUT2D eigenvalue weighted by atomic mass is 10.00. The molecule has 0 aromatic carbocycles. The van der Waals surface area contributed by atoms with Gasteiger partial charge in [-0.15, -0.1) is 0 Å². The smallest absolute Gasteiger partial charge is 0.322 e. The number of hydrogen-bond acceptors (Lipinski definition) is 5. The van der Waals surface area contributed by atoms with Crippen LogP contribution < -0.4 is 10.7 Å². The Kier molecular flexibility index (Phi) is 4.51. The maximum absolute atomic E-state index is 12.4. The van der Waals surface area contributed by atoms with E-state index in [1.807, 2.05) is 31.3 Å². The molecule has 25 heavy (non-hydrogen) atoms. The van der Waals surface area contributed by atoms with E-state index < -0.39 is 17.5 Å². The minimum Gasteiger partial charge on any atom is -0.322 e. The van der Waals surface area contributed by atoms with Gasteiger partial charge in [0.25, 0.3) is 11.8 Å². The fourth-order valence-electron chi connectivity index (χ4n) is 3.38. The van der Waals surface area contributed by atoms with Gasteiger partial charge in [0.15, 0.2) is 0 Å². The zero-order valence-electron chi connectivity index (χ0n) is 14.8. The van der Waals surface area contributed by atoms with Gasteiger partial charge >= 0.3 is 6.03 Å². The SMILES string of the molecule is CC[C@]1(C)NC(=O)N(NC(=O)CN2CCC[C@@H]2c2cnn(C)c2)C1=O. The molecule has 1 aromatic rings. The molecule has 136 valence electrons. The molecule has 2 atom stereocenters. The molecular formula is C16H24N6O3. The van der Waals surface area contributed by atoms with E-state index in [1.54, 1.807) is 11.6 Å². The van der Waals surface area contributed by atoms with E-state index >= 15 is 0 Å². The third-order valence-electron chi connectivity index (χ3n) is 5.02. The summed E-state index contributed by atoms with van der Waals surface area (Å²) in [4.78, 5) is 38.7. The van der Waals surface area contributed by atoms with Crippen LogP contribution in [0, 0.1) is 0 Å². The van der Waals surface area contributed by atoms with Crippen molar-refractivity contribution in [3.05, 3.63) is 18.0 Å². The van der Waals surface area contributed by atoms with E-state index in [9.17, 15) is 14.4 Å². The molecule has 0 saturated carbocycles. The molecule has 0 radical (unpaired) electrons. The Balaban J connectivity index is 1.63. The quantitative estimate of drug-likeness (QED) is 0.746. The third-order valence-corrected chi connectivity index (χ3v) is 5.02. The van der Waals surface area contributed by atoms with Crippen molar-refractivity contribution in [1.29, 1.82) is 0 Å². The summed E-state index contributed by atoms with van der Waals surface area (Å²) in [6, 6.07) is -0.462. The Morgan fingerprint density at radius 1 is 1.48 bits per heavy atom. The minimum atomic E-state index is -0.962. The van der Waals surface area contributed by atoms with E-state index in [2.05, 4.69) is 15.8 Å². The number of rotatable bonds is 5. The normalized spacial score (nSPS) is 27.0. The highest BCUT2D eigenvalue weighted by molar-refractivity contribution is 6.07. The van der Waals surface area contributed by atoms with E-state index in [1.165, 1.54) is 0 Å². The summed E-state index contributed by atoms with van der Waals surface area (Å²) in [7, 11) is 1.86. The van der Waals surface area contributed by atoms with Gasteiger partial charge in [0.1, 0.15) is 5.54 Å². The van der Waals surface area contributed by atoms with Crippen molar-refractivity contribution in [3.63, 3.8) is 0 Å². The summed E-state index contributed by atoms with van der Waals surface area (Å²) >= 11 is 0. The summed E-state index contributed by atoms with van der Waals surface area (Å²) in [5.41, 5.74) is 2.55. The number of imide groups is 1. The fourth-order valence-corrected chi connectivity index (χ4v) is 3.38. The van der Waals surface area contributed by atoms with Crippen molar-refractivity contribution < 1.29 is 14.4 Å². The molecule has 2 N–H and O–H groups in total. The molecule has 2 saturated heterocycles. The van der Waals surface area contributed by atoms with Crippen molar-refractivity contribution in [2.45, 2.75) is 44.7 Å². The average molecular weight is 348 g/mol. The second kappa shape index (κ2) is 6.47. The lowest BCUT2D eigenvalue weighted by Crippen LogP contribution is -2.51. The first-order valence-corrected chi connectivity index (χ1v) is 8.53. The number of nitrogens with zero attached hydrogens (tertiary/aromatic N) is 4. The summed E-state index contributed by atoms with van der Waals surface area (Å²) in [5.74, 6) is -0.807. The molecule has 0 unspecified atom stereocenters. The molecule has 9 heteroatoms. The highest BCUT2D eigenvalue weighted by Gasteiger charge is 2.47. The predicted octanol–water partition coefficient (Wildman–Crippen LogP) is 0.309. The summed E-state index contributed by atoms with van der Waals surface area (Å²) in [6.45, 7) is 4.38. The fraction of sp³-hybridized carbons (Fsp3) is 0.625. The first kappa shape index (κ1) is 17.4. The number of carbonyl (C=O) groups excluding carboxylic acids is 3. The topological polar surface area (TPSA) is 99.6 Å². The number of hydrogen-bond donors (Lipinski definition) is 2. The first-order chi connectivity index (χ1) is 11.8. The lowest BCUT2D eigenvalue weighted by Gasteiger charge is -2.24. The van der Waals surface area contributed by atoms with Crippen LogP contribution in [0.25, 0.3) is 0 Å². The molecule has 2 fully saturated rings. The number of likely N-dealkylation sites (tertiary alicyclic amines) is 1. The number of amides is 4. The van der Waals surface area contributed by atoms with Crippen molar-refractivity contribution in [3.8, 4) is 0 Å². The summed E-state index contributed by atoms with van der Waals surface area (Å²) < 4.78 is 1.74. The summed E-state index contributed by atoms with van der Waals surface area (Å²) in [6.07, 6.45) is 6.16. The monoisotopic (exact) mass is 348 g/mol. The number of aromatic nitrogens is 2. The van der Waals surface area contributed by atoms with Crippen LogP contribution in [0.1, 0.15) is 44.7 Å². The molecule has 0 aliphatic carbocycles. The Bertz CT molecular complexity index is 702. The number of nitrogens with one attached hydrogen (secondary N) is 2. The molecule has 2 aliphatic heterocycles. The van der Waals surface area contributed by atoms with Crippen LogP contribution in [0.2, 0.25) is 0 Å². The van der Waals surface area contributed by atoms with Crippen LogP contribution in [-0.4, -0.2) is 56.2 Å². The zero-order valence-corrected chi connectivity index (χ0v) is 14.8. The average Bonchev–Trinajstić information content (AvgIpc) is 3.24. The highest BCUT2D eigenvalue weighted by atomic mass is 16.2. The van der Waals surface area contributed by atoms with Crippen LogP contribution in [0.5, 0.6) is 0 Å². The van der Waals surface area contributed by atoms with Crippen molar-refractivity contribution in [1.82, 2.24) is 30.4 Å². The molecule has 2 aliphatic rings. The van der Waals surface area contributed by atoms with Gasteiger partial charge < -0.3 is 5.32 Å². The number of carbonyl (C=O) groups is 3. The number of hydrazine groups is 1. The Labute approximate surface area is 146 Å².